The van der Waals surface area contributed by atoms with Crippen LogP contribution < -0.4 is 0 Å². The highest BCUT2D eigenvalue weighted by Crippen LogP contribution is 2.35. The van der Waals surface area contributed by atoms with Crippen LogP contribution in [-0.4, -0.2) is 27.2 Å². The summed E-state index contributed by atoms with van der Waals surface area (Å²) in [4.78, 5) is 16.4. The molecule has 2 aromatic rings. The maximum absolute atomic E-state index is 12.5. The lowest BCUT2D eigenvalue weighted by molar-refractivity contribution is -0.0764. The fourth-order valence-electron chi connectivity index (χ4n) is 2.24. The molecule has 0 saturated carbocycles. The van der Waals surface area contributed by atoms with Gasteiger partial charge in [-0.05, 0) is 24.3 Å². The van der Waals surface area contributed by atoms with Crippen molar-refractivity contribution in [2.45, 2.75) is 12.1 Å². The number of benzene rings is 1. The molecular weight excluding hydrogens is 334 g/mol. The average molecular weight is 346 g/mol. The van der Waals surface area contributed by atoms with Crippen molar-refractivity contribution in [3.8, 4) is 0 Å². The van der Waals surface area contributed by atoms with Crippen LogP contribution in [0.15, 0.2) is 58.4 Å². The first-order valence-electron chi connectivity index (χ1n) is 6.37. The maximum Gasteiger partial charge on any atom is 0.278 e. The molecule has 0 bridgehead atoms. The Balaban J connectivity index is 1.98. The van der Waals surface area contributed by atoms with Crippen LogP contribution in [0, 0.1) is 0 Å². The van der Waals surface area contributed by atoms with E-state index in [4.69, 9.17) is 0 Å². The Morgan fingerprint density at radius 2 is 2.19 bits per heavy atom. The minimum Gasteiger partial charge on any atom is -0.365 e. The van der Waals surface area contributed by atoms with Crippen molar-refractivity contribution in [1.82, 2.24) is 9.99 Å². The lowest BCUT2D eigenvalue weighted by Gasteiger charge is -2.31. The molecule has 0 radical (unpaired) electrons. The average Bonchev–Trinajstić information content (AvgIpc) is 2.91. The SMILES string of the molecule is O=C(c1cccnc1)N1N=CC[C@@]1(O)c1cccc(Br)c1. The number of carbonyl (C=O) groups is 1. The normalized spacial score (nSPS) is 20.8. The van der Waals surface area contributed by atoms with Crippen molar-refractivity contribution in [3.63, 3.8) is 0 Å². The predicted octanol–water partition coefficient (Wildman–Crippen LogP) is 2.52. The summed E-state index contributed by atoms with van der Waals surface area (Å²) >= 11 is 3.37. The molecule has 106 valence electrons. The highest BCUT2D eigenvalue weighted by Gasteiger charge is 2.43. The summed E-state index contributed by atoms with van der Waals surface area (Å²) in [5.74, 6) is -0.390. The third-order valence-electron chi connectivity index (χ3n) is 3.31. The quantitative estimate of drug-likeness (QED) is 0.909. The van der Waals surface area contributed by atoms with Gasteiger partial charge in [-0.1, -0.05) is 28.1 Å². The minimum absolute atomic E-state index is 0.245. The fourth-order valence-corrected chi connectivity index (χ4v) is 2.64. The minimum atomic E-state index is -1.48. The van der Waals surface area contributed by atoms with E-state index < -0.39 is 5.72 Å². The second-order valence-electron chi connectivity index (χ2n) is 4.69. The molecule has 0 aliphatic carbocycles. The Kier molecular flexibility index (Phi) is 3.57. The van der Waals surface area contributed by atoms with Gasteiger partial charge in [0.1, 0.15) is 0 Å². The molecule has 0 spiro atoms. The number of rotatable bonds is 2. The molecule has 21 heavy (non-hydrogen) atoms. The van der Waals surface area contributed by atoms with E-state index in [2.05, 4.69) is 26.0 Å². The summed E-state index contributed by atoms with van der Waals surface area (Å²) < 4.78 is 0.828. The van der Waals surface area contributed by atoms with Crippen LogP contribution in [0.1, 0.15) is 22.3 Å². The number of amides is 1. The van der Waals surface area contributed by atoms with E-state index in [0.29, 0.717) is 11.1 Å². The van der Waals surface area contributed by atoms with Crippen LogP contribution in [0.3, 0.4) is 0 Å². The van der Waals surface area contributed by atoms with Gasteiger partial charge in [-0.15, -0.1) is 0 Å². The van der Waals surface area contributed by atoms with E-state index in [-0.39, 0.29) is 12.3 Å². The number of nitrogens with zero attached hydrogens (tertiary/aromatic N) is 3. The van der Waals surface area contributed by atoms with Gasteiger partial charge >= 0.3 is 0 Å². The zero-order valence-electron chi connectivity index (χ0n) is 11.0. The van der Waals surface area contributed by atoms with E-state index in [9.17, 15) is 9.90 Å². The number of aromatic nitrogens is 1. The topological polar surface area (TPSA) is 65.8 Å². The molecule has 0 fully saturated rings. The van der Waals surface area contributed by atoms with E-state index in [1.807, 2.05) is 12.1 Å². The zero-order valence-corrected chi connectivity index (χ0v) is 12.6. The third kappa shape index (κ3) is 2.48. The molecule has 1 aliphatic heterocycles. The van der Waals surface area contributed by atoms with Gasteiger partial charge in [-0.25, -0.2) is 0 Å². The number of pyridine rings is 1. The van der Waals surface area contributed by atoms with Crippen molar-refractivity contribution in [2.75, 3.05) is 0 Å². The summed E-state index contributed by atoms with van der Waals surface area (Å²) in [5, 5.41) is 16.1. The molecular formula is C15H12BrN3O2. The first kappa shape index (κ1) is 13.9. The Hall–Kier alpha value is -2.05. The number of hydrazone groups is 1. The summed E-state index contributed by atoms with van der Waals surface area (Å²) in [5.41, 5.74) is -0.493. The van der Waals surface area contributed by atoms with Gasteiger partial charge in [-0.3, -0.25) is 9.78 Å². The molecule has 1 amide bonds. The van der Waals surface area contributed by atoms with Crippen molar-refractivity contribution < 1.29 is 9.90 Å². The van der Waals surface area contributed by atoms with E-state index in [0.717, 1.165) is 9.48 Å². The number of carbonyl (C=O) groups excluding carboxylic acids is 1. The molecule has 0 unspecified atom stereocenters. The van der Waals surface area contributed by atoms with Crippen molar-refractivity contribution >= 4 is 28.1 Å². The lowest BCUT2D eigenvalue weighted by atomic mass is 9.99. The van der Waals surface area contributed by atoms with Crippen LogP contribution in [0.2, 0.25) is 0 Å². The molecule has 1 aromatic heterocycles. The van der Waals surface area contributed by atoms with Crippen molar-refractivity contribution in [3.05, 3.63) is 64.4 Å². The Morgan fingerprint density at radius 3 is 2.90 bits per heavy atom. The second-order valence-corrected chi connectivity index (χ2v) is 5.60. The number of halogens is 1. The van der Waals surface area contributed by atoms with Gasteiger partial charge in [0, 0.05) is 35.1 Å². The van der Waals surface area contributed by atoms with Crippen molar-refractivity contribution in [1.29, 1.82) is 0 Å². The second kappa shape index (κ2) is 5.38. The zero-order chi connectivity index (χ0) is 14.9. The molecule has 0 saturated heterocycles. The predicted molar refractivity (Wildman–Crippen MR) is 81.6 cm³/mol. The van der Waals surface area contributed by atoms with E-state index in [1.54, 1.807) is 30.5 Å². The van der Waals surface area contributed by atoms with Gasteiger partial charge < -0.3 is 5.11 Å². The maximum atomic E-state index is 12.5. The van der Waals surface area contributed by atoms with Gasteiger partial charge in [0.25, 0.3) is 5.91 Å². The Bertz CT molecular complexity index is 705. The summed E-state index contributed by atoms with van der Waals surface area (Å²) in [6, 6.07) is 10.5. The van der Waals surface area contributed by atoms with Crippen LogP contribution in [-0.2, 0) is 5.72 Å². The standard InChI is InChI=1S/C15H12BrN3O2/c16-13-5-1-4-12(9-13)15(21)6-8-18-19(15)14(20)11-3-2-7-17-10-11/h1-5,7-10,21H,6H2/t15-/m1/s1. The van der Waals surface area contributed by atoms with Crippen LogP contribution in [0.5, 0.6) is 0 Å². The summed E-state index contributed by atoms with van der Waals surface area (Å²) in [7, 11) is 0. The molecule has 1 aromatic carbocycles. The van der Waals surface area contributed by atoms with Crippen LogP contribution in [0.4, 0.5) is 0 Å². The highest BCUT2D eigenvalue weighted by atomic mass is 79.9. The summed E-state index contributed by atoms with van der Waals surface area (Å²) in [6.45, 7) is 0. The number of aliphatic hydroxyl groups is 1. The monoisotopic (exact) mass is 345 g/mol. The van der Waals surface area contributed by atoms with E-state index in [1.165, 1.54) is 12.4 Å². The largest absolute Gasteiger partial charge is 0.365 e. The fraction of sp³-hybridized carbons (Fsp3) is 0.133. The molecule has 1 atom stereocenters. The molecule has 5 nitrogen and oxygen atoms in total. The van der Waals surface area contributed by atoms with Crippen LogP contribution >= 0.6 is 15.9 Å². The van der Waals surface area contributed by atoms with Gasteiger partial charge in [0.15, 0.2) is 5.72 Å². The molecule has 1 aliphatic rings. The number of hydrogen-bond acceptors (Lipinski definition) is 4. The number of hydrogen-bond donors (Lipinski definition) is 1. The van der Waals surface area contributed by atoms with Gasteiger partial charge in [-0.2, -0.15) is 10.1 Å². The van der Waals surface area contributed by atoms with E-state index >= 15 is 0 Å². The van der Waals surface area contributed by atoms with Gasteiger partial charge in [0.05, 0.1) is 5.56 Å². The Labute approximate surface area is 130 Å². The van der Waals surface area contributed by atoms with Crippen LogP contribution in [0.25, 0.3) is 0 Å². The highest BCUT2D eigenvalue weighted by molar-refractivity contribution is 9.10. The molecule has 1 N–H and O–H groups in total. The first-order valence-corrected chi connectivity index (χ1v) is 7.16. The Morgan fingerprint density at radius 1 is 1.33 bits per heavy atom. The molecule has 2 heterocycles. The first-order chi connectivity index (χ1) is 10.1. The summed E-state index contributed by atoms with van der Waals surface area (Å²) in [6.07, 6.45) is 4.83. The molecule has 3 rings (SSSR count). The third-order valence-corrected chi connectivity index (χ3v) is 3.80. The molecule has 6 heteroatoms. The van der Waals surface area contributed by atoms with Crippen molar-refractivity contribution in [2.24, 2.45) is 5.10 Å². The van der Waals surface area contributed by atoms with Gasteiger partial charge in [0.2, 0.25) is 0 Å². The smallest absolute Gasteiger partial charge is 0.278 e. The lowest BCUT2D eigenvalue weighted by Crippen LogP contribution is -2.43.